The van der Waals surface area contributed by atoms with Gasteiger partial charge in [0.2, 0.25) is 11.8 Å². The second kappa shape index (κ2) is 7.68. The summed E-state index contributed by atoms with van der Waals surface area (Å²) in [5.41, 5.74) is -0.456. The van der Waals surface area contributed by atoms with E-state index < -0.39 is 17.3 Å². The van der Waals surface area contributed by atoms with Crippen molar-refractivity contribution in [3.05, 3.63) is 0 Å². The molecule has 0 saturated carbocycles. The fourth-order valence-corrected chi connectivity index (χ4v) is 1.25. The van der Waals surface area contributed by atoms with E-state index in [0.29, 0.717) is 12.8 Å². The van der Waals surface area contributed by atoms with E-state index in [9.17, 15) is 14.4 Å². The topological polar surface area (TPSA) is 84.5 Å². The van der Waals surface area contributed by atoms with Crippen LogP contribution in [0.4, 0.5) is 0 Å². The third-order valence-corrected chi connectivity index (χ3v) is 3.18. The maximum Gasteiger partial charge on any atom is 0.325 e. The molecule has 0 atom stereocenters. The molecule has 0 saturated heterocycles. The number of ether oxygens (including phenoxy) is 1. The minimum absolute atomic E-state index is 0.134. The van der Waals surface area contributed by atoms with Gasteiger partial charge in [0, 0.05) is 5.41 Å². The van der Waals surface area contributed by atoms with Crippen molar-refractivity contribution >= 4 is 17.8 Å². The molecule has 0 aromatic rings. The lowest BCUT2D eigenvalue weighted by molar-refractivity contribution is -0.141. The summed E-state index contributed by atoms with van der Waals surface area (Å²) in [5.74, 6) is -1.09. The van der Waals surface area contributed by atoms with Gasteiger partial charge in [-0.05, 0) is 12.8 Å². The molecule has 6 nitrogen and oxygen atoms in total. The van der Waals surface area contributed by atoms with Crippen molar-refractivity contribution in [2.24, 2.45) is 5.41 Å². The zero-order chi connectivity index (χ0) is 14.2. The second-order valence-corrected chi connectivity index (χ2v) is 4.30. The van der Waals surface area contributed by atoms with Crippen LogP contribution < -0.4 is 10.6 Å². The standard InChI is InChI=1S/C12H22N2O4/c1-5-12(3,6-2)11(17)14-7-9(15)13-8-10(16)18-4/h5-8H2,1-4H3,(H,13,15)(H,14,17). The number of hydrogen-bond acceptors (Lipinski definition) is 4. The molecular formula is C12H22N2O4. The molecule has 0 heterocycles. The first-order valence-corrected chi connectivity index (χ1v) is 6.01. The van der Waals surface area contributed by atoms with Gasteiger partial charge < -0.3 is 15.4 Å². The lowest BCUT2D eigenvalue weighted by Crippen LogP contribution is -2.44. The third kappa shape index (κ3) is 5.16. The minimum Gasteiger partial charge on any atom is -0.468 e. The molecule has 0 aromatic carbocycles. The summed E-state index contributed by atoms with van der Waals surface area (Å²) in [6.07, 6.45) is 1.41. The Balaban J connectivity index is 4.06. The summed E-state index contributed by atoms with van der Waals surface area (Å²) in [6.45, 7) is 5.39. The largest absolute Gasteiger partial charge is 0.468 e. The molecule has 0 rings (SSSR count). The van der Waals surface area contributed by atoms with Crippen molar-refractivity contribution in [3.63, 3.8) is 0 Å². The summed E-state index contributed by atoms with van der Waals surface area (Å²) < 4.78 is 4.37. The normalized spacial score (nSPS) is 10.7. The maximum atomic E-state index is 11.8. The molecular weight excluding hydrogens is 236 g/mol. The number of rotatable bonds is 7. The average Bonchev–Trinajstić information content (AvgIpc) is 2.40. The van der Waals surface area contributed by atoms with Crippen molar-refractivity contribution in [2.45, 2.75) is 33.6 Å². The number of amides is 2. The molecule has 0 bridgehead atoms. The molecule has 0 spiro atoms. The van der Waals surface area contributed by atoms with Gasteiger partial charge in [0.15, 0.2) is 0 Å². The van der Waals surface area contributed by atoms with Crippen molar-refractivity contribution in [3.8, 4) is 0 Å². The van der Waals surface area contributed by atoms with Gasteiger partial charge >= 0.3 is 5.97 Å². The van der Waals surface area contributed by atoms with Crippen LogP contribution >= 0.6 is 0 Å². The Kier molecular flexibility index (Phi) is 7.00. The van der Waals surface area contributed by atoms with Crippen LogP contribution in [0.25, 0.3) is 0 Å². The Hall–Kier alpha value is -1.59. The monoisotopic (exact) mass is 258 g/mol. The van der Waals surface area contributed by atoms with Gasteiger partial charge in [-0.1, -0.05) is 20.8 Å². The van der Waals surface area contributed by atoms with E-state index in [4.69, 9.17) is 0 Å². The van der Waals surface area contributed by atoms with E-state index in [0.717, 1.165) is 0 Å². The van der Waals surface area contributed by atoms with Gasteiger partial charge in [-0.25, -0.2) is 0 Å². The first kappa shape index (κ1) is 16.4. The van der Waals surface area contributed by atoms with Gasteiger partial charge in [0.1, 0.15) is 6.54 Å². The zero-order valence-corrected chi connectivity index (χ0v) is 11.5. The van der Waals surface area contributed by atoms with Crippen molar-refractivity contribution in [1.29, 1.82) is 0 Å². The number of carbonyl (C=O) groups excluding carboxylic acids is 3. The van der Waals surface area contributed by atoms with E-state index in [-0.39, 0.29) is 19.0 Å². The van der Waals surface area contributed by atoms with Crippen LogP contribution in [0.15, 0.2) is 0 Å². The molecule has 0 fully saturated rings. The minimum atomic E-state index is -0.526. The third-order valence-electron chi connectivity index (χ3n) is 3.18. The van der Waals surface area contributed by atoms with Gasteiger partial charge in [-0.15, -0.1) is 0 Å². The molecule has 104 valence electrons. The van der Waals surface area contributed by atoms with Crippen molar-refractivity contribution < 1.29 is 19.1 Å². The highest BCUT2D eigenvalue weighted by molar-refractivity contribution is 5.88. The highest BCUT2D eigenvalue weighted by Crippen LogP contribution is 2.24. The summed E-state index contributed by atoms with van der Waals surface area (Å²) >= 11 is 0. The fraction of sp³-hybridized carbons (Fsp3) is 0.750. The molecule has 2 N–H and O–H groups in total. The Morgan fingerprint density at radius 2 is 1.61 bits per heavy atom. The number of methoxy groups -OCH3 is 1. The second-order valence-electron chi connectivity index (χ2n) is 4.30. The van der Waals surface area contributed by atoms with Crippen molar-refractivity contribution in [2.75, 3.05) is 20.2 Å². The fourth-order valence-electron chi connectivity index (χ4n) is 1.25. The summed E-state index contributed by atoms with van der Waals surface area (Å²) in [6, 6.07) is 0. The van der Waals surface area contributed by atoms with E-state index in [2.05, 4.69) is 15.4 Å². The summed E-state index contributed by atoms with van der Waals surface area (Å²) in [7, 11) is 1.24. The average molecular weight is 258 g/mol. The van der Waals surface area contributed by atoms with Crippen LogP contribution in [0.5, 0.6) is 0 Å². The van der Waals surface area contributed by atoms with Crippen LogP contribution in [-0.2, 0) is 19.1 Å². The molecule has 0 unspecified atom stereocenters. The van der Waals surface area contributed by atoms with Crippen LogP contribution in [0.3, 0.4) is 0 Å². The quantitative estimate of drug-likeness (QED) is 0.640. The number of nitrogens with one attached hydrogen (secondary N) is 2. The Labute approximate surface area is 107 Å². The Bertz CT molecular complexity index is 311. The number of carbonyl (C=O) groups is 3. The lowest BCUT2D eigenvalue weighted by Gasteiger charge is -2.24. The van der Waals surface area contributed by atoms with E-state index in [1.54, 1.807) is 0 Å². The first-order chi connectivity index (χ1) is 8.39. The highest BCUT2D eigenvalue weighted by Gasteiger charge is 2.29. The van der Waals surface area contributed by atoms with Gasteiger partial charge in [0.25, 0.3) is 0 Å². The molecule has 0 aliphatic heterocycles. The SMILES string of the molecule is CCC(C)(CC)C(=O)NCC(=O)NCC(=O)OC. The van der Waals surface area contributed by atoms with Crippen LogP contribution in [0.1, 0.15) is 33.6 Å². The molecule has 18 heavy (non-hydrogen) atoms. The summed E-state index contributed by atoms with van der Waals surface area (Å²) in [4.78, 5) is 34.0. The molecule has 6 heteroatoms. The smallest absolute Gasteiger partial charge is 0.325 e. The highest BCUT2D eigenvalue weighted by atomic mass is 16.5. The van der Waals surface area contributed by atoms with Crippen LogP contribution in [-0.4, -0.2) is 38.0 Å². The first-order valence-electron chi connectivity index (χ1n) is 6.01. The van der Waals surface area contributed by atoms with E-state index >= 15 is 0 Å². The Morgan fingerprint density at radius 1 is 1.06 bits per heavy atom. The predicted octanol–water partition coefficient (Wildman–Crippen LogP) is 0.218. The van der Waals surface area contributed by atoms with E-state index in [1.807, 2.05) is 20.8 Å². The molecule has 0 aliphatic carbocycles. The summed E-state index contributed by atoms with van der Waals surface area (Å²) in [5, 5.41) is 4.91. The van der Waals surface area contributed by atoms with Gasteiger partial charge in [0.05, 0.1) is 13.7 Å². The molecule has 2 amide bonds. The predicted molar refractivity (Wildman–Crippen MR) is 66.7 cm³/mol. The molecule has 0 aliphatic rings. The van der Waals surface area contributed by atoms with Crippen LogP contribution in [0.2, 0.25) is 0 Å². The molecule has 0 aromatic heterocycles. The maximum absolute atomic E-state index is 11.8. The lowest BCUT2D eigenvalue weighted by atomic mass is 9.84. The van der Waals surface area contributed by atoms with Crippen LogP contribution in [0, 0.1) is 5.41 Å². The molecule has 0 radical (unpaired) electrons. The number of esters is 1. The van der Waals surface area contributed by atoms with Crippen molar-refractivity contribution in [1.82, 2.24) is 10.6 Å². The number of hydrogen-bond donors (Lipinski definition) is 2. The van der Waals surface area contributed by atoms with E-state index in [1.165, 1.54) is 7.11 Å². The zero-order valence-electron chi connectivity index (χ0n) is 11.5. The van der Waals surface area contributed by atoms with Gasteiger partial charge in [-0.2, -0.15) is 0 Å². The van der Waals surface area contributed by atoms with Gasteiger partial charge in [-0.3, -0.25) is 14.4 Å². The Morgan fingerprint density at radius 3 is 2.06 bits per heavy atom.